The zero-order chi connectivity index (χ0) is 15.6. The summed E-state index contributed by atoms with van der Waals surface area (Å²) < 4.78 is 0.571. The molecule has 114 valence electrons. The Morgan fingerprint density at radius 3 is 2.57 bits per heavy atom. The van der Waals surface area contributed by atoms with Crippen molar-refractivity contribution in [2.45, 2.75) is 45.6 Å². The van der Waals surface area contributed by atoms with Crippen LogP contribution in [0.2, 0.25) is 0 Å². The number of amides is 1. The number of benzene rings is 1. The molecule has 2 rings (SSSR count). The normalized spacial score (nSPS) is 18.2. The smallest absolute Gasteiger partial charge is 0.270 e. The molecule has 1 aliphatic rings. The van der Waals surface area contributed by atoms with Crippen molar-refractivity contribution >= 4 is 27.5 Å². The van der Waals surface area contributed by atoms with E-state index in [2.05, 4.69) is 35.1 Å². The molecule has 1 N–H and O–H groups in total. The van der Waals surface area contributed by atoms with Crippen LogP contribution >= 0.6 is 15.9 Å². The van der Waals surface area contributed by atoms with Crippen molar-refractivity contribution in [2.75, 3.05) is 0 Å². The van der Waals surface area contributed by atoms with Gasteiger partial charge >= 0.3 is 0 Å². The van der Waals surface area contributed by atoms with Gasteiger partial charge in [0.25, 0.3) is 11.6 Å². The Labute approximate surface area is 132 Å². The first-order chi connectivity index (χ1) is 9.78. The lowest BCUT2D eigenvalue weighted by atomic mass is 9.75. The molecule has 0 unspecified atom stereocenters. The van der Waals surface area contributed by atoms with Crippen molar-refractivity contribution in [3.63, 3.8) is 0 Å². The molecule has 0 bridgehead atoms. The number of non-ortho nitro benzene ring substituents is 1. The highest BCUT2D eigenvalue weighted by Gasteiger charge is 2.28. The number of halogens is 1. The van der Waals surface area contributed by atoms with Crippen LogP contribution in [0.1, 0.15) is 49.9 Å². The van der Waals surface area contributed by atoms with Crippen LogP contribution in [0.5, 0.6) is 0 Å². The van der Waals surface area contributed by atoms with E-state index in [1.54, 1.807) is 0 Å². The number of hydrogen-bond acceptors (Lipinski definition) is 3. The topological polar surface area (TPSA) is 72.2 Å². The zero-order valence-electron chi connectivity index (χ0n) is 12.2. The molecule has 0 saturated heterocycles. The number of nitrogens with zero attached hydrogens (tertiary/aromatic N) is 1. The van der Waals surface area contributed by atoms with Crippen molar-refractivity contribution in [3.05, 3.63) is 38.3 Å². The summed E-state index contributed by atoms with van der Waals surface area (Å²) in [5, 5.41) is 13.8. The fraction of sp³-hybridized carbons (Fsp3) is 0.533. The molecular formula is C15H19BrN2O3. The van der Waals surface area contributed by atoms with E-state index in [0.717, 1.165) is 25.7 Å². The number of nitro groups is 1. The van der Waals surface area contributed by atoms with Crippen molar-refractivity contribution in [1.29, 1.82) is 0 Å². The molecule has 1 aliphatic carbocycles. The predicted octanol–water partition coefficient (Wildman–Crippen LogP) is 4.06. The van der Waals surface area contributed by atoms with E-state index in [1.165, 1.54) is 18.2 Å². The van der Waals surface area contributed by atoms with Crippen molar-refractivity contribution in [2.24, 2.45) is 5.41 Å². The molecule has 0 aromatic heterocycles. The third-order valence-corrected chi connectivity index (χ3v) is 4.77. The van der Waals surface area contributed by atoms with Gasteiger partial charge in [0.1, 0.15) is 0 Å². The first-order valence-electron chi connectivity index (χ1n) is 7.03. The van der Waals surface area contributed by atoms with Gasteiger partial charge in [0.05, 0.1) is 10.5 Å². The molecule has 0 atom stereocenters. The van der Waals surface area contributed by atoms with E-state index in [4.69, 9.17) is 0 Å². The average Bonchev–Trinajstić information content (AvgIpc) is 2.41. The highest BCUT2D eigenvalue weighted by atomic mass is 79.9. The van der Waals surface area contributed by atoms with Crippen LogP contribution in [0.15, 0.2) is 22.7 Å². The Morgan fingerprint density at radius 2 is 2.00 bits per heavy atom. The van der Waals surface area contributed by atoms with Crippen molar-refractivity contribution in [1.82, 2.24) is 5.32 Å². The number of carbonyl (C=O) groups excluding carboxylic acids is 1. The van der Waals surface area contributed by atoms with Gasteiger partial charge in [-0.15, -0.1) is 0 Å². The van der Waals surface area contributed by atoms with E-state index in [1.807, 2.05) is 0 Å². The van der Waals surface area contributed by atoms with Crippen LogP contribution in [0.3, 0.4) is 0 Å². The summed E-state index contributed by atoms with van der Waals surface area (Å²) in [5.74, 6) is -0.254. The Bertz CT molecular complexity index is 562. The summed E-state index contributed by atoms with van der Waals surface area (Å²) in [4.78, 5) is 22.6. The number of carbonyl (C=O) groups is 1. The first-order valence-corrected chi connectivity index (χ1v) is 7.83. The van der Waals surface area contributed by atoms with Gasteiger partial charge in [-0.05, 0) is 53.1 Å². The minimum atomic E-state index is -0.494. The molecule has 1 saturated carbocycles. The Hall–Kier alpha value is -1.43. The Kier molecular flexibility index (Phi) is 4.66. The largest absolute Gasteiger partial charge is 0.349 e. The maximum atomic E-state index is 12.3. The molecular weight excluding hydrogens is 336 g/mol. The van der Waals surface area contributed by atoms with Gasteiger partial charge in [-0.25, -0.2) is 0 Å². The van der Waals surface area contributed by atoms with Gasteiger partial charge in [0.15, 0.2) is 0 Å². The second-order valence-corrected chi connectivity index (χ2v) is 7.19. The average molecular weight is 355 g/mol. The molecule has 0 heterocycles. The van der Waals surface area contributed by atoms with E-state index >= 15 is 0 Å². The highest BCUT2D eigenvalue weighted by Crippen LogP contribution is 2.35. The van der Waals surface area contributed by atoms with Gasteiger partial charge < -0.3 is 5.32 Å². The van der Waals surface area contributed by atoms with Crippen molar-refractivity contribution in [3.8, 4) is 0 Å². The lowest BCUT2D eigenvalue weighted by Crippen LogP contribution is -2.39. The summed E-state index contributed by atoms with van der Waals surface area (Å²) in [5.41, 5.74) is 0.579. The van der Waals surface area contributed by atoms with E-state index in [0.29, 0.717) is 15.5 Å². The lowest BCUT2D eigenvalue weighted by molar-refractivity contribution is -0.384. The maximum Gasteiger partial charge on any atom is 0.270 e. The Morgan fingerprint density at radius 1 is 1.38 bits per heavy atom. The van der Waals surface area contributed by atoms with Crippen LogP contribution in [0.25, 0.3) is 0 Å². The number of rotatable bonds is 3. The van der Waals surface area contributed by atoms with Gasteiger partial charge in [-0.3, -0.25) is 14.9 Å². The van der Waals surface area contributed by atoms with E-state index < -0.39 is 4.92 Å². The third-order valence-electron chi connectivity index (χ3n) is 4.08. The second-order valence-electron chi connectivity index (χ2n) is 6.33. The predicted molar refractivity (Wildman–Crippen MR) is 84.3 cm³/mol. The SMILES string of the molecule is CC1(C)CCC(NC(=O)c2cc([N+](=O)[O-])ccc2Br)CC1. The highest BCUT2D eigenvalue weighted by molar-refractivity contribution is 9.10. The molecule has 1 aromatic carbocycles. The standard InChI is InChI=1S/C15H19BrN2O3/c1-15(2)7-5-10(6-8-15)17-14(19)12-9-11(18(20)21)3-4-13(12)16/h3-4,9-10H,5-8H2,1-2H3,(H,17,19). The summed E-state index contributed by atoms with van der Waals surface area (Å²) in [6.45, 7) is 4.48. The molecule has 1 fully saturated rings. The summed E-state index contributed by atoms with van der Waals surface area (Å²) >= 11 is 3.28. The van der Waals surface area contributed by atoms with Crippen LogP contribution in [-0.2, 0) is 0 Å². The van der Waals surface area contributed by atoms with Crippen LogP contribution < -0.4 is 5.32 Å². The molecule has 1 aromatic rings. The molecule has 0 aliphatic heterocycles. The van der Waals surface area contributed by atoms with E-state index in [9.17, 15) is 14.9 Å². The molecule has 21 heavy (non-hydrogen) atoms. The minimum Gasteiger partial charge on any atom is -0.349 e. The van der Waals surface area contributed by atoms with Gasteiger partial charge in [0.2, 0.25) is 0 Å². The summed E-state index contributed by atoms with van der Waals surface area (Å²) in [7, 11) is 0. The van der Waals surface area contributed by atoms with Gasteiger partial charge in [-0.2, -0.15) is 0 Å². The molecule has 0 spiro atoms. The number of nitrogens with one attached hydrogen (secondary N) is 1. The van der Waals surface area contributed by atoms with Gasteiger partial charge in [0, 0.05) is 22.6 Å². The monoisotopic (exact) mass is 354 g/mol. The van der Waals surface area contributed by atoms with Crippen molar-refractivity contribution < 1.29 is 9.72 Å². The van der Waals surface area contributed by atoms with Crippen LogP contribution in [-0.4, -0.2) is 16.9 Å². The fourth-order valence-corrected chi connectivity index (χ4v) is 3.03. The first kappa shape index (κ1) is 15.9. The summed E-state index contributed by atoms with van der Waals surface area (Å²) in [6.07, 6.45) is 4.05. The quantitative estimate of drug-likeness (QED) is 0.657. The lowest BCUT2D eigenvalue weighted by Gasteiger charge is -2.34. The number of nitro benzene ring substituents is 1. The second kappa shape index (κ2) is 6.13. The van der Waals surface area contributed by atoms with Crippen LogP contribution in [0.4, 0.5) is 5.69 Å². The number of hydrogen-bond donors (Lipinski definition) is 1. The van der Waals surface area contributed by atoms with Gasteiger partial charge in [-0.1, -0.05) is 13.8 Å². The zero-order valence-corrected chi connectivity index (χ0v) is 13.8. The minimum absolute atomic E-state index is 0.0758. The Balaban J connectivity index is 2.07. The molecule has 5 nitrogen and oxygen atoms in total. The fourth-order valence-electron chi connectivity index (χ4n) is 2.61. The molecule has 1 amide bonds. The molecule has 6 heteroatoms. The molecule has 0 radical (unpaired) electrons. The van der Waals surface area contributed by atoms with E-state index in [-0.39, 0.29) is 17.6 Å². The third kappa shape index (κ3) is 4.03. The van der Waals surface area contributed by atoms with Crippen LogP contribution in [0, 0.1) is 15.5 Å². The summed E-state index contributed by atoms with van der Waals surface area (Å²) in [6, 6.07) is 4.38. The maximum absolute atomic E-state index is 12.3.